The van der Waals surface area contributed by atoms with Crippen LogP contribution in [0.4, 0.5) is 18.9 Å². The molecule has 0 radical (unpaired) electrons. The third-order valence-corrected chi connectivity index (χ3v) is 9.37. The van der Waals surface area contributed by atoms with Crippen molar-refractivity contribution in [3.05, 3.63) is 94.0 Å². The average molecular weight is 652 g/mol. The highest BCUT2D eigenvalue weighted by Gasteiger charge is 2.37. The predicted octanol–water partition coefficient (Wildman–Crippen LogP) is 6.89. The van der Waals surface area contributed by atoms with Gasteiger partial charge in [-0.15, -0.1) is 0 Å². The van der Waals surface area contributed by atoms with Gasteiger partial charge in [0.15, 0.2) is 0 Å². The van der Waals surface area contributed by atoms with Crippen molar-refractivity contribution in [3.63, 3.8) is 0 Å². The Morgan fingerprint density at radius 3 is 2.16 bits per heavy atom. The summed E-state index contributed by atoms with van der Waals surface area (Å²) in [7, 11) is -4.55. The van der Waals surface area contributed by atoms with Crippen molar-refractivity contribution in [1.82, 2.24) is 10.2 Å². The highest BCUT2D eigenvalue weighted by molar-refractivity contribution is 7.92. The highest BCUT2D eigenvalue weighted by Crippen LogP contribution is 2.38. The number of amides is 2. The zero-order valence-electron chi connectivity index (χ0n) is 25.3. The van der Waals surface area contributed by atoms with Crippen molar-refractivity contribution < 1.29 is 31.2 Å². The van der Waals surface area contributed by atoms with Crippen LogP contribution in [0.3, 0.4) is 0 Å². The number of alkyl halides is 3. The van der Waals surface area contributed by atoms with Crippen LogP contribution < -0.4 is 9.62 Å². The summed E-state index contributed by atoms with van der Waals surface area (Å²) in [6, 6.07) is 14.6. The minimum Gasteiger partial charge on any atom is -0.352 e. The lowest BCUT2D eigenvalue weighted by Gasteiger charge is -2.34. The van der Waals surface area contributed by atoms with Crippen molar-refractivity contribution >= 4 is 39.1 Å². The fourth-order valence-electron chi connectivity index (χ4n) is 4.62. The monoisotopic (exact) mass is 651 g/mol. The fourth-order valence-corrected chi connectivity index (χ4v) is 6.25. The molecular weight excluding hydrogens is 615 g/mol. The number of aryl methyl sites for hydroxylation is 2. The van der Waals surface area contributed by atoms with Gasteiger partial charge in [0, 0.05) is 12.6 Å². The summed E-state index contributed by atoms with van der Waals surface area (Å²) >= 11 is 5.83. The maximum absolute atomic E-state index is 14.1. The van der Waals surface area contributed by atoms with Gasteiger partial charge in [-0.05, 0) is 69.5 Å². The Hall–Kier alpha value is -3.57. The molecule has 44 heavy (non-hydrogen) atoms. The topological polar surface area (TPSA) is 86.8 Å². The molecule has 0 unspecified atom stereocenters. The second-order valence-electron chi connectivity index (χ2n) is 10.7. The number of sulfonamides is 1. The molecule has 0 aliphatic rings. The van der Waals surface area contributed by atoms with Crippen LogP contribution >= 0.6 is 11.6 Å². The summed E-state index contributed by atoms with van der Waals surface area (Å²) < 4.78 is 70.0. The van der Waals surface area contributed by atoms with E-state index >= 15 is 0 Å². The number of hydrogen-bond donors (Lipinski definition) is 1. The summed E-state index contributed by atoms with van der Waals surface area (Å²) in [6.07, 6.45) is -4.02. The molecule has 0 aliphatic carbocycles. The lowest BCUT2D eigenvalue weighted by Crippen LogP contribution is -2.53. The first-order valence-corrected chi connectivity index (χ1v) is 16.0. The summed E-state index contributed by atoms with van der Waals surface area (Å²) in [6.45, 7) is 8.19. The Morgan fingerprint density at radius 2 is 1.59 bits per heavy atom. The third kappa shape index (κ3) is 8.53. The molecule has 2 atom stereocenters. The number of nitrogens with one attached hydrogen (secondary N) is 1. The molecule has 238 valence electrons. The van der Waals surface area contributed by atoms with Crippen molar-refractivity contribution in [2.75, 3.05) is 10.8 Å². The zero-order valence-corrected chi connectivity index (χ0v) is 26.9. The Kier molecular flexibility index (Phi) is 11.5. The quantitative estimate of drug-likeness (QED) is 0.231. The van der Waals surface area contributed by atoms with Gasteiger partial charge in [-0.3, -0.25) is 13.9 Å². The van der Waals surface area contributed by atoms with E-state index in [-0.39, 0.29) is 23.9 Å². The van der Waals surface area contributed by atoms with Crippen LogP contribution in [-0.4, -0.2) is 43.8 Å². The Bertz CT molecular complexity index is 1580. The second-order valence-corrected chi connectivity index (χ2v) is 13.0. The molecule has 3 aromatic rings. The van der Waals surface area contributed by atoms with E-state index in [0.29, 0.717) is 22.4 Å². The molecule has 0 fully saturated rings. The first-order chi connectivity index (χ1) is 20.6. The van der Waals surface area contributed by atoms with E-state index in [1.807, 2.05) is 32.9 Å². The van der Waals surface area contributed by atoms with Gasteiger partial charge in [0.05, 0.1) is 21.2 Å². The molecule has 3 rings (SSSR count). The number of benzene rings is 3. The van der Waals surface area contributed by atoms with Crippen molar-refractivity contribution in [2.24, 2.45) is 0 Å². The third-order valence-electron chi connectivity index (χ3n) is 7.25. The van der Waals surface area contributed by atoms with Crippen molar-refractivity contribution in [2.45, 2.75) is 77.2 Å². The predicted molar refractivity (Wildman–Crippen MR) is 166 cm³/mol. The molecule has 3 aromatic carbocycles. The van der Waals surface area contributed by atoms with Gasteiger partial charge < -0.3 is 10.2 Å². The van der Waals surface area contributed by atoms with Crippen LogP contribution in [0.15, 0.2) is 71.6 Å². The number of halogens is 4. The van der Waals surface area contributed by atoms with E-state index in [1.54, 1.807) is 38.1 Å². The molecule has 0 bridgehead atoms. The molecule has 0 spiro atoms. The van der Waals surface area contributed by atoms with E-state index < -0.39 is 56.9 Å². The van der Waals surface area contributed by atoms with E-state index in [4.69, 9.17) is 11.6 Å². The largest absolute Gasteiger partial charge is 0.417 e. The van der Waals surface area contributed by atoms with E-state index in [0.717, 1.165) is 23.3 Å². The number of anilines is 1. The van der Waals surface area contributed by atoms with Crippen LogP contribution in [0.1, 0.15) is 55.9 Å². The number of rotatable bonds is 12. The maximum Gasteiger partial charge on any atom is 0.417 e. The standard InChI is InChI=1S/C32H37ClF3N3O4S/c1-6-23(5)37-31(41)29(7-2)38(19-24-10-8-9-22(4)17-24)30(40)20-39(44(42,43)26-14-11-21(3)12-15-26)25-13-16-28(33)27(18-25)32(34,35)36/h8-18,23,29H,6-7,19-20H2,1-5H3,(H,37,41)/t23-,29-/m1/s1. The number of hydrogen-bond acceptors (Lipinski definition) is 4. The van der Waals surface area contributed by atoms with Crippen LogP contribution in [-0.2, 0) is 32.3 Å². The van der Waals surface area contributed by atoms with E-state index in [2.05, 4.69) is 5.32 Å². The molecule has 0 saturated heterocycles. The Labute approximate surface area is 262 Å². The number of carbonyl (C=O) groups is 2. The van der Waals surface area contributed by atoms with E-state index in [1.165, 1.54) is 17.0 Å². The van der Waals surface area contributed by atoms with Gasteiger partial charge in [-0.25, -0.2) is 8.42 Å². The summed E-state index contributed by atoms with van der Waals surface area (Å²) in [5, 5.41) is 2.27. The first kappa shape index (κ1) is 34.9. The van der Waals surface area contributed by atoms with Gasteiger partial charge in [0.1, 0.15) is 12.6 Å². The number of carbonyl (C=O) groups excluding carboxylic acids is 2. The molecule has 0 aliphatic heterocycles. The van der Waals surface area contributed by atoms with Crippen LogP contribution in [0.5, 0.6) is 0 Å². The van der Waals surface area contributed by atoms with Crippen LogP contribution in [0, 0.1) is 13.8 Å². The smallest absolute Gasteiger partial charge is 0.352 e. The molecule has 0 aromatic heterocycles. The van der Waals surface area contributed by atoms with Gasteiger partial charge in [0.2, 0.25) is 11.8 Å². The van der Waals surface area contributed by atoms with E-state index in [9.17, 15) is 31.2 Å². The highest BCUT2D eigenvalue weighted by atomic mass is 35.5. The lowest BCUT2D eigenvalue weighted by atomic mass is 10.1. The van der Waals surface area contributed by atoms with Gasteiger partial charge in [-0.2, -0.15) is 13.2 Å². The number of nitrogens with zero attached hydrogens (tertiary/aromatic N) is 2. The van der Waals surface area contributed by atoms with Crippen LogP contribution in [0.2, 0.25) is 5.02 Å². The lowest BCUT2D eigenvalue weighted by molar-refractivity contribution is -0.140. The molecular formula is C32H37ClF3N3O4S. The Morgan fingerprint density at radius 1 is 0.932 bits per heavy atom. The Balaban J connectivity index is 2.15. The molecule has 1 N–H and O–H groups in total. The zero-order chi connectivity index (χ0) is 32.8. The van der Waals surface area contributed by atoms with Gasteiger partial charge >= 0.3 is 6.18 Å². The summed E-state index contributed by atoms with van der Waals surface area (Å²) in [4.78, 5) is 28.6. The molecule has 12 heteroatoms. The van der Waals surface area contributed by atoms with Crippen molar-refractivity contribution in [3.8, 4) is 0 Å². The van der Waals surface area contributed by atoms with Gasteiger partial charge in [-0.1, -0.05) is 73.0 Å². The minimum absolute atomic E-state index is 0.0280. The van der Waals surface area contributed by atoms with Crippen molar-refractivity contribution in [1.29, 1.82) is 0 Å². The fraction of sp³-hybridized carbons (Fsp3) is 0.375. The molecule has 7 nitrogen and oxygen atoms in total. The normalized spacial score (nSPS) is 13.2. The first-order valence-electron chi connectivity index (χ1n) is 14.2. The summed E-state index contributed by atoms with van der Waals surface area (Å²) in [5.41, 5.74) is 0.732. The molecule has 0 saturated carbocycles. The summed E-state index contributed by atoms with van der Waals surface area (Å²) in [5.74, 6) is -1.18. The minimum atomic E-state index is -4.88. The average Bonchev–Trinajstić information content (AvgIpc) is 2.95. The SMILES string of the molecule is CC[C@@H](C)NC(=O)[C@@H](CC)N(Cc1cccc(C)c1)C(=O)CN(c1ccc(Cl)c(C(F)(F)F)c1)S(=O)(=O)c1ccc(C)cc1. The second kappa shape index (κ2) is 14.5. The molecule has 2 amide bonds. The maximum atomic E-state index is 14.1. The molecule has 0 heterocycles. The van der Waals surface area contributed by atoms with Gasteiger partial charge in [0.25, 0.3) is 10.0 Å². The van der Waals surface area contributed by atoms with Crippen LogP contribution in [0.25, 0.3) is 0 Å².